The van der Waals surface area contributed by atoms with Crippen LogP contribution in [0.5, 0.6) is 0 Å². The van der Waals surface area contributed by atoms with Crippen LogP contribution < -0.4 is 5.32 Å². The van der Waals surface area contributed by atoms with Gasteiger partial charge in [0.2, 0.25) is 5.91 Å². The van der Waals surface area contributed by atoms with Crippen molar-refractivity contribution in [2.24, 2.45) is 0 Å². The number of rotatable bonds is 2. The van der Waals surface area contributed by atoms with Crippen LogP contribution in [0.15, 0.2) is 24.5 Å². The highest BCUT2D eigenvalue weighted by Gasteiger charge is 2.27. The molecule has 1 amide bonds. The molecule has 1 aromatic carbocycles. The van der Waals surface area contributed by atoms with Crippen LogP contribution in [0.3, 0.4) is 0 Å². The van der Waals surface area contributed by atoms with Crippen molar-refractivity contribution in [1.82, 2.24) is 14.9 Å². The highest BCUT2D eigenvalue weighted by Crippen LogP contribution is 2.22. The Balaban J connectivity index is 1.93. The first-order valence-electron chi connectivity index (χ1n) is 6.04. The molecule has 0 radical (unpaired) electrons. The van der Waals surface area contributed by atoms with Gasteiger partial charge in [0, 0.05) is 25.4 Å². The van der Waals surface area contributed by atoms with E-state index in [-0.39, 0.29) is 17.8 Å². The van der Waals surface area contributed by atoms with Crippen molar-refractivity contribution in [3.8, 4) is 0 Å². The predicted molar refractivity (Wildman–Crippen MR) is 69.2 cm³/mol. The molecule has 6 heteroatoms. The average Bonchev–Trinajstić information content (AvgIpc) is 2.69. The summed E-state index contributed by atoms with van der Waals surface area (Å²) in [5.74, 6) is 0.338. The van der Waals surface area contributed by atoms with E-state index in [0.29, 0.717) is 29.7 Å². The van der Waals surface area contributed by atoms with E-state index >= 15 is 0 Å². The number of anilines is 1. The maximum absolute atomic E-state index is 13.3. The Bertz CT molecular complexity index is 646. The quantitative estimate of drug-likeness (QED) is 0.887. The molecule has 0 spiro atoms. The number of halogens is 1. The van der Waals surface area contributed by atoms with Gasteiger partial charge in [-0.3, -0.25) is 4.79 Å². The zero-order chi connectivity index (χ0) is 13.4. The van der Waals surface area contributed by atoms with Crippen molar-refractivity contribution in [2.45, 2.75) is 12.5 Å². The maximum Gasteiger partial charge on any atom is 0.224 e. The van der Waals surface area contributed by atoms with E-state index in [1.54, 1.807) is 18.0 Å². The minimum Gasteiger partial charge on any atom is -0.364 e. The molecule has 1 N–H and O–H groups in total. The normalized spacial score (nSPS) is 19.2. The second kappa shape index (κ2) is 4.46. The molecular formula is C13H13FN4O. The van der Waals surface area contributed by atoms with E-state index < -0.39 is 0 Å². The lowest BCUT2D eigenvalue weighted by atomic mass is 10.2. The molecular weight excluding hydrogens is 247 g/mol. The number of likely N-dealkylation sites (N-methyl/N-ethyl adjacent to an activating group) is 1. The van der Waals surface area contributed by atoms with Crippen LogP contribution in [-0.4, -0.2) is 40.4 Å². The van der Waals surface area contributed by atoms with Gasteiger partial charge in [0.05, 0.1) is 11.6 Å². The van der Waals surface area contributed by atoms with Crippen LogP contribution in [0.4, 0.5) is 10.2 Å². The number of hydrogen-bond acceptors (Lipinski definition) is 4. The Hall–Kier alpha value is -2.24. The van der Waals surface area contributed by atoms with Crippen molar-refractivity contribution in [1.29, 1.82) is 0 Å². The van der Waals surface area contributed by atoms with Gasteiger partial charge in [0.25, 0.3) is 0 Å². The summed E-state index contributed by atoms with van der Waals surface area (Å²) in [6, 6.07) is 4.38. The fourth-order valence-corrected chi connectivity index (χ4v) is 2.30. The van der Waals surface area contributed by atoms with E-state index in [4.69, 9.17) is 0 Å². The topological polar surface area (TPSA) is 58.1 Å². The summed E-state index contributed by atoms with van der Waals surface area (Å²) < 4.78 is 13.3. The van der Waals surface area contributed by atoms with E-state index in [1.807, 2.05) is 0 Å². The van der Waals surface area contributed by atoms with Crippen LogP contribution in [-0.2, 0) is 4.79 Å². The number of carbonyl (C=O) groups excluding carboxylic acids is 1. The molecule has 1 saturated heterocycles. The Morgan fingerprint density at radius 1 is 1.42 bits per heavy atom. The number of nitrogens with zero attached hydrogens (tertiary/aromatic N) is 3. The van der Waals surface area contributed by atoms with E-state index in [9.17, 15) is 9.18 Å². The number of likely N-dealkylation sites (tertiary alicyclic amines) is 1. The highest BCUT2D eigenvalue weighted by molar-refractivity contribution is 5.89. The fourth-order valence-electron chi connectivity index (χ4n) is 2.30. The highest BCUT2D eigenvalue weighted by atomic mass is 19.1. The van der Waals surface area contributed by atoms with Crippen LogP contribution in [0, 0.1) is 5.82 Å². The molecule has 19 heavy (non-hydrogen) atoms. The lowest BCUT2D eigenvalue weighted by Crippen LogP contribution is -2.24. The summed E-state index contributed by atoms with van der Waals surface area (Å²) in [5.41, 5.74) is 0.677. The second-order valence-electron chi connectivity index (χ2n) is 4.70. The molecule has 1 atom stereocenters. The summed E-state index contributed by atoms with van der Waals surface area (Å²) in [5, 5.41) is 3.82. The number of hydrogen-bond donors (Lipinski definition) is 1. The second-order valence-corrected chi connectivity index (χ2v) is 4.70. The van der Waals surface area contributed by atoms with E-state index in [0.717, 1.165) is 0 Å². The number of fused-ring (bicyclic) bond motifs is 1. The number of benzene rings is 1. The van der Waals surface area contributed by atoms with Gasteiger partial charge in [-0.05, 0) is 18.2 Å². The number of aromatic nitrogens is 2. The molecule has 5 nitrogen and oxygen atoms in total. The maximum atomic E-state index is 13.3. The third-order valence-corrected chi connectivity index (χ3v) is 3.28. The largest absolute Gasteiger partial charge is 0.364 e. The average molecular weight is 260 g/mol. The van der Waals surface area contributed by atoms with Gasteiger partial charge in [0.1, 0.15) is 18.0 Å². The molecule has 0 bridgehead atoms. The van der Waals surface area contributed by atoms with Crippen molar-refractivity contribution < 1.29 is 9.18 Å². The monoisotopic (exact) mass is 260 g/mol. The molecule has 2 aromatic rings. The molecule has 1 unspecified atom stereocenters. The minimum atomic E-state index is -0.329. The summed E-state index contributed by atoms with van der Waals surface area (Å²) in [4.78, 5) is 21.4. The lowest BCUT2D eigenvalue weighted by molar-refractivity contribution is -0.126. The van der Waals surface area contributed by atoms with Gasteiger partial charge < -0.3 is 10.2 Å². The van der Waals surface area contributed by atoms with Crippen LogP contribution >= 0.6 is 0 Å². The molecule has 3 rings (SSSR count). The van der Waals surface area contributed by atoms with Crippen molar-refractivity contribution in [2.75, 3.05) is 18.9 Å². The Morgan fingerprint density at radius 3 is 3.00 bits per heavy atom. The molecule has 1 aliphatic rings. The van der Waals surface area contributed by atoms with Gasteiger partial charge in [-0.25, -0.2) is 14.4 Å². The predicted octanol–water partition coefficient (Wildman–Crippen LogP) is 1.41. The third-order valence-electron chi connectivity index (χ3n) is 3.28. The molecule has 1 aliphatic heterocycles. The fraction of sp³-hybridized carbons (Fsp3) is 0.308. The minimum absolute atomic E-state index is 0.00105. The molecule has 98 valence electrons. The van der Waals surface area contributed by atoms with Crippen LogP contribution in [0.2, 0.25) is 0 Å². The zero-order valence-corrected chi connectivity index (χ0v) is 10.4. The van der Waals surface area contributed by atoms with Crippen LogP contribution in [0.1, 0.15) is 6.42 Å². The van der Waals surface area contributed by atoms with Gasteiger partial charge >= 0.3 is 0 Å². The van der Waals surface area contributed by atoms with Crippen molar-refractivity contribution >= 4 is 22.6 Å². The number of nitrogens with one attached hydrogen (secondary N) is 1. The SMILES string of the molecule is CN1CC(Nc2ncnc3ccc(F)cc23)CC1=O. The molecule has 0 aliphatic carbocycles. The summed E-state index contributed by atoms with van der Waals surface area (Å²) in [6.45, 7) is 0.625. The Labute approximate surface area is 109 Å². The van der Waals surface area contributed by atoms with Gasteiger partial charge in [0.15, 0.2) is 0 Å². The Morgan fingerprint density at radius 2 is 2.26 bits per heavy atom. The summed E-state index contributed by atoms with van der Waals surface area (Å²) in [7, 11) is 1.77. The van der Waals surface area contributed by atoms with E-state index in [1.165, 1.54) is 18.5 Å². The lowest BCUT2D eigenvalue weighted by Gasteiger charge is -2.14. The first-order valence-corrected chi connectivity index (χ1v) is 6.04. The number of amides is 1. The smallest absolute Gasteiger partial charge is 0.224 e. The summed E-state index contributed by atoms with van der Waals surface area (Å²) in [6.07, 6.45) is 1.86. The Kier molecular flexibility index (Phi) is 2.77. The standard InChI is InChI=1S/C13H13FN4O/c1-18-6-9(5-12(18)19)17-13-10-4-8(14)2-3-11(10)15-7-16-13/h2-4,7,9H,5-6H2,1H3,(H,15,16,17). The third kappa shape index (κ3) is 2.21. The van der Waals surface area contributed by atoms with Gasteiger partial charge in [-0.1, -0.05) is 0 Å². The van der Waals surface area contributed by atoms with Crippen molar-refractivity contribution in [3.63, 3.8) is 0 Å². The van der Waals surface area contributed by atoms with Crippen molar-refractivity contribution in [3.05, 3.63) is 30.3 Å². The van der Waals surface area contributed by atoms with Gasteiger partial charge in [-0.15, -0.1) is 0 Å². The molecule has 1 aromatic heterocycles. The van der Waals surface area contributed by atoms with Crippen LogP contribution in [0.25, 0.3) is 10.9 Å². The summed E-state index contributed by atoms with van der Waals surface area (Å²) >= 11 is 0. The molecule has 1 fully saturated rings. The first-order chi connectivity index (χ1) is 9.13. The van der Waals surface area contributed by atoms with E-state index in [2.05, 4.69) is 15.3 Å². The van der Waals surface area contributed by atoms with Gasteiger partial charge in [-0.2, -0.15) is 0 Å². The molecule has 2 heterocycles. The molecule has 0 saturated carbocycles. The number of carbonyl (C=O) groups is 1. The first kappa shape index (κ1) is 11.8. The zero-order valence-electron chi connectivity index (χ0n) is 10.4.